The Morgan fingerprint density at radius 3 is 2.71 bits per heavy atom. The molecule has 1 N–H and O–H groups in total. The molecule has 0 spiro atoms. The molecule has 0 amide bonds. The van der Waals surface area contributed by atoms with Crippen LogP contribution in [0.5, 0.6) is 0 Å². The molecule has 1 rings (SSSR count). The molecule has 7 heteroatoms. The molecule has 0 aromatic carbocycles. The van der Waals surface area contributed by atoms with E-state index in [2.05, 4.69) is 5.10 Å². The van der Waals surface area contributed by atoms with Crippen LogP contribution < -0.4 is 0 Å². The summed E-state index contributed by atoms with van der Waals surface area (Å²) in [6.07, 6.45) is 1.06. The first-order valence-corrected chi connectivity index (χ1v) is 4.27. The van der Waals surface area contributed by atoms with Gasteiger partial charge in [0.05, 0.1) is 17.1 Å². The van der Waals surface area contributed by atoms with Crippen molar-refractivity contribution < 1.29 is 10.0 Å². The summed E-state index contributed by atoms with van der Waals surface area (Å²) in [4.78, 5) is 9.79. The van der Waals surface area contributed by atoms with Gasteiger partial charge in [-0.3, -0.25) is 10.1 Å². The van der Waals surface area contributed by atoms with Crippen molar-refractivity contribution >= 4 is 17.3 Å². The van der Waals surface area contributed by atoms with Crippen LogP contribution in [-0.2, 0) is 6.54 Å². The van der Waals surface area contributed by atoms with E-state index in [9.17, 15) is 15.2 Å². The molecule has 0 saturated carbocycles. The fourth-order valence-corrected chi connectivity index (χ4v) is 1.18. The first-order chi connectivity index (χ1) is 6.31. The van der Waals surface area contributed by atoms with Crippen molar-refractivity contribution in [2.45, 2.75) is 26.0 Å². The number of hydrogen-bond acceptors (Lipinski definition) is 4. The molecule has 0 bridgehead atoms. The summed E-state index contributed by atoms with van der Waals surface area (Å²) in [5, 5.41) is 23.5. The number of nitro groups is 1. The summed E-state index contributed by atoms with van der Waals surface area (Å²) >= 11 is 5.67. The second kappa shape index (κ2) is 3.55. The van der Waals surface area contributed by atoms with Gasteiger partial charge in [0.25, 0.3) is 0 Å². The van der Waals surface area contributed by atoms with E-state index in [-0.39, 0.29) is 17.4 Å². The molecular weight excluding hydrogens is 210 g/mol. The molecule has 1 heterocycles. The largest absolute Gasteiger partial charge is 0.389 e. The molecule has 0 saturated heterocycles. The Bertz CT molecular complexity index is 356. The van der Waals surface area contributed by atoms with E-state index in [1.54, 1.807) is 13.8 Å². The van der Waals surface area contributed by atoms with Crippen LogP contribution in [-0.4, -0.2) is 25.4 Å². The third kappa shape index (κ3) is 2.43. The van der Waals surface area contributed by atoms with Crippen molar-refractivity contribution in [1.29, 1.82) is 0 Å². The maximum Gasteiger partial charge on any atom is 0.325 e. The van der Waals surface area contributed by atoms with Crippen LogP contribution in [0.4, 0.5) is 5.69 Å². The maximum absolute atomic E-state index is 10.4. The lowest BCUT2D eigenvalue weighted by molar-refractivity contribution is -0.384. The van der Waals surface area contributed by atoms with Gasteiger partial charge in [-0.25, -0.2) is 4.68 Å². The average Bonchev–Trinajstić information content (AvgIpc) is 2.29. The fourth-order valence-electron chi connectivity index (χ4n) is 0.960. The number of aromatic nitrogens is 2. The quantitative estimate of drug-likeness (QED) is 0.612. The van der Waals surface area contributed by atoms with Crippen molar-refractivity contribution in [2.24, 2.45) is 0 Å². The molecule has 0 aliphatic rings. The van der Waals surface area contributed by atoms with Crippen molar-refractivity contribution in [3.05, 3.63) is 21.5 Å². The van der Waals surface area contributed by atoms with Gasteiger partial charge in [-0.05, 0) is 13.8 Å². The van der Waals surface area contributed by atoms with Gasteiger partial charge in [0.1, 0.15) is 6.20 Å². The van der Waals surface area contributed by atoms with E-state index >= 15 is 0 Å². The van der Waals surface area contributed by atoms with Crippen molar-refractivity contribution in [3.8, 4) is 0 Å². The average molecular weight is 220 g/mol. The van der Waals surface area contributed by atoms with Gasteiger partial charge < -0.3 is 5.11 Å². The van der Waals surface area contributed by atoms with Crippen LogP contribution in [0.3, 0.4) is 0 Å². The highest BCUT2D eigenvalue weighted by Crippen LogP contribution is 2.24. The van der Waals surface area contributed by atoms with Gasteiger partial charge >= 0.3 is 5.69 Å². The lowest BCUT2D eigenvalue weighted by Gasteiger charge is -2.16. The molecule has 6 nitrogen and oxygen atoms in total. The van der Waals surface area contributed by atoms with Crippen LogP contribution in [0, 0.1) is 10.1 Å². The van der Waals surface area contributed by atoms with Gasteiger partial charge in [0.2, 0.25) is 5.15 Å². The van der Waals surface area contributed by atoms with Gasteiger partial charge in [-0.2, -0.15) is 5.10 Å². The summed E-state index contributed by atoms with van der Waals surface area (Å²) in [5.41, 5.74) is -1.26. The van der Waals surface area contributed by atoms with E-state index in [0.717, 1.165) is 6.20 Å². The molecule has 14 heavy (non-hydrogen) atoms. The van der Waals surface area contributed by atoms with Crippen LogP contribution >= 0.6 is 11.6 Å². The molecule has 0 radical (unpaired) electrons. The number of hydrogen-bond donors (Lipinski definition) is 1. The number of aliphatic hydroxyl groups is 1. The number of nitrogens with zero attached hydrogens (tertiary/aromatic N) is 3. The molecule has 0 fully saturated rings. The van der Waals surface area contributed by atoms with E-state index in [4.69, 9.17) is 11.6 Å². The van der Waals surface area contributed by atoms with E-state index in [1.807, 2.05) is 0 Å². The standard InChI is InChI=1S/C7H10ClN3O3/c1-7(2,12)4-10-6(8)5(3-9-10)11(13)14/h3,12H,4H2,1-2H3. The second-order valence-electron chi connectivity index (χ2n) is 3.55. The van der Waals surface area contributed by atoms with Gasteiger partial charge in [0, 0.05) is 0 Å². The normalized spacial score (nSPS) is 11.7. The molecule has 1 aromatic heterocycles. The van der Waals surface area contributed by atoms with Gasteiger partial charge in [-0.15, -0.1) is 0 Å². The Balaban J connectivity index is 2.96. The summed E-state index contributed by atoms with van der Waals surface area (Å²) < 4.78 is 1.19. The Hall–Kier alpha value is -1.14. The topological polar surface area (TPSA) is 81.2 Å². The van der Waals surface area contributed by atoms with Crippen molar-refractivity contribution in [1.82, 2.24) is 9.78 Å². The first kappa shape index (κ1) is 10.9. The van der Waals surface area contributed by atoms with Gasteiger partial charge in [0.15, 0.2) is 0 Å². The summed E-state index contributed by atoms with van der Waals surface area (Å²) in [7, 11) is 0. The molecule has 1 aromatic rings. The molecular formula is C7H10ClN3O3. The second-order valence-corrected chi connectivity index (χ2v) is 3.91. The zero-order valence-electron chi connectivity index (χ0n) is 7.77. The number of halogens is 1. The van der Waals surface area contributed by atoms with Crippen LogP contribution in [0.15, 0.2) is 6.20 Å². The predicted molar refractivity (Wildman–Crippen MR) is 50.2 cm³/mol. The SMILES string of the molecule is CC(C)(O)Cn1ncc([N+](=O)[O-])c1Cl. The fraction of sp³-hybridized carbons (Fsp3) is 0.571. The summed E-state index contributed by atoms with van der Waals surface area (Å²) in [6.45, 7) is 3.24. The third-order valence-corrected chi connectivity index (χ3v) is 1.88. The lowest BCUT2D eigenvalue weighted by atomic mass is 10.1. The Morgan fingerprint density at radius 2 is 2.36 bits per heavy atom. The monoisotopic (exact) mass is 219 g/mol. The minimum absolute atomic E-state index is 0.0721. The zero-order valence-corrected chi connectivity index (χ0v) is 8.52. The van der Waals surface area contributed by atoms with E-state index < -0.39 is 10.5 Å². The zero-order chi connectivity index (χ0) is 10.9. The first-order valence-electron chi connectivity index (χ1n) is 3.89. The highest BCUT2D eigenvalue weighted by atomic mass is 35.5. The van der Waals surface area contributed by atoms with Crippen LogP contribution in [0.1, 0.15) is 13.8 Å². The Morgan fingerprint density at radius 1 is 1.79 bits per heavy atom. The van der Waals surface area contributed by atoms with Gasteiger partial charge in [-0.1, -0.05) is 11.6 Å². The lowest BCUT2D eigenvalue weighted by Crippen LogP contribution is -2.26. The smallest absolute Gasteiger partial charge is 0.325 e. The van der Waals surface area contributed by atoms with Crippen LogP contribution in [0.2, 0.25) is 5.15 Å². The molecule has 0 unspecified atom stereocenters. The minimum Gasteiger partial charge on any atom is -0.389 e. The number of rotatable bonds is 3. The summed E-state index contributed by atoms with van der Waals surface area (Å²) in [6, 6.07) is 0. The maximum atomic E-state index is 10.4. The third-order valence-electron chi connectivity index (χ3n) is 1.49. The Labute approximate surface area is 85.2 Å². The van der Waals surface area contributed by atoms with E-state index in [1.165, 1.54) is 4.68 Å². The highest BCUT2D eigenvalue weighted by molar-refractivity contribution is 6.31. The van der Waals surface area contributed by atoms with E-state index in [0.29, 0.717) is 0 Å². The van der Waals surface area contributed by atoms with Crippen molar-refractivity contribution in [2.75, 3.05) is 0 Å². The predicted octanol–water partition coefficient (Wildman–Crippen LogP) is 1.22. The minimum atomic E-state index is -1.01. The molecule has 0 atom stereocenters. The van der Waals surface area contributed by atoms with Crippen molar-refractivity contribution in [3.63, 3.8) is 0 Å². The molecule has 78 valence electrons. The summed E-state index contributed by atoms with van der Waals surface area (Å²) in [5.74, 6) is 0. The Kier molecular flexibility index (Phi) is 2.77. The molecule has 0 aliphatic carbocycles. The highest BCUT2D eigenvalue weighted by Gasteiger charge is 2.22. The van der Waals surface area contributed by atoms with Crippen LogP contribution in [0.25, 0.3) is 0 Å². The molecule has 0 aliphatic heterocycles.